The third-order valence-electron chi connectivity index (χ3n) is 3.70. The van der Waals surface area contributed by atoms with Crippen LogP contribution in [0.3, 0.4) is 0 Å². The highest BCUT2D eigenvalue weighted by Crippen LogP contribution is 2.30. The number of aromatic nitrogens is 2. The third-order valence-corrected chi connectivity index (χ3v) is 4.44. The molecule has 1 amide bonds. The monoisotopic (exact) mass is 364 g/mol. The van der Waals surface area contributed by atoms with Gasteiger partial charge in [-0.25, -0.2) is 9.97 Å². The molecule has 24 heavy (non-hydrogen) atoms. The molecule has 124 valence electrons. The number of rotatable bonds is 4. The molecule has 0 spiro atoms. The van der Waals surface area contributed by atoms with Crippen molar-refractivity contribution < 1.29 is 9.63 Å². The van der Waals surface area contributed by atoms with Crippen LogP contribution in [0.4, 0.5) is 5.69 Å². The van der Waals surface area contributed by atoms with Crippen molar-refractivity contribution in [3.05, 3.63) is 52.5 Å². The van der Waals surface area contributed by atoms with Crippen molar-refractivity contribution in [2.75, 3.05) is 5.32 Å². The van der Waals surface area contributed by atoms with Crippen LogP contribution in [-0.2, 0) is 9.63 Å². The number of benzene rings is 1. The summed E-state index contributed by atoms with van der Waals surface area (Å²) in [6, 6.07) is 5.23. The van der Waals surface area contributed by atoms with Crippen molar-refractivity contribution >= 4 is 40.5 Å². The van der Waals surface area contributed by atoms with Gasteiger partial charge >= 0.3 is 0 Å². The fourth-order valence-corrected chi connectivity index (χ4v) is 2.76. The summed E-state index contributed by atoms with van der Waals surface area (Å²) in [6.07, 6.45) is 4.47. The van der Waals surface area contributed by atoms with Crippen LogP contribution in [0.25, 0.3) is 0 Å². The SMILES string of the molecule is CC1ON=C(c2ccc(Cl)c(Cl)c2)C1CC(=O)Nc1cncnc1. The van der Waals surface area contributed by atoms with Gasteiger partial charge in [-0.1, -0.05) is 34.4 Å². The second-order valence-electron chi connectivity index (χ2n) is 5.40. The lowest BCUT2D eigenvalue weighted by Crippen LogP contribution is -2.27. The van der Waals surface area contributed by atoms with Crippen molar-refractivity contribution in [2.24, 2.45) is 11.1 Å². The maximum Gasteiger partial charge on any atom is 0.225 e. The minimum atomic E-state index is -0.216. The molecule has 3 rings (SSSR count). The van der Waals surface area contributed by atoms with E-state index in [1.807, 2.05) is 13.0 Å². The van der Waals surface area contributed by atoms with E-state index < -0.39 is 0 Å². The summed E-state index contributed by atoms with van der Waals surface area (Å²) in [5.41, 5.74) is 2.01. The topological polar surface area (TPSA) is 76.5 Å². The molecule has 2 aromatic rings. The third kappa shape index (κ3) is 3.66. The highest BCUT2D eigenvalue weighted by Gasteiger charge is 2.33. The predicted octanol–water partition coefficient (Wildman–Crippen LogP) is 3.55. The number of carbonyl (C=O) groups is 1. The van der Waals surface area contributed by atoms with Crippen molar-refractivity contribution in [1.82, 2.24) is 9.97 Å². The Morgan fingerprint density at radius 1 is 1.25 bits per heavy atom. The lowest BCUT2D eigenvalue weighted by molar-refractivity contribution is -0.117. The maximum absolute atomic E-state index is 12.3. The maximum atomic E-state index is 12.3. The fraction of sp³-hybridized carbons (Fsp3) is 0.250. The largest absolute Gasteiger partial charge is 0.392 e. The molecule has 0 saturated carbocycles. The van der Waals surface area contributed by atoms with Crippen molar-refractivity contribution in [1.29, 1.82) is 0 Å². The molecule has 0 saturated heterocycles. The number of halogens is 2. The Balaban J connectivity index is 1.74. The summed E-state index contributed by atoms with van der Waals surface area (Å²) in [5.74, 6) is -0.355. The van der Waals surface area contributed by atoms with Crippen LogP contribution in [0.2, 0.25) is 10.0 Å². The van der Waals surface area contributed by atoms with E-state index in [2.05, 4.69) is 20.4 Å². The number of hydrogen-bond acceptors (Lipinski definition) is 5. The molecule has 1 N–H and O–H groups in total. The Hall–Kier alpha value is -2.18. The molecule has 2 unspecified atom stereocenters. The van der Waals surface area contributed by atoms with Crippen LogP contribution in [0, 0.1) is 5.92 Å². The standard InChI is InChI=1S/C16H14Cl2N4O2/c1-9-12(5-15(23)21-11-6-19-8-20-7-11)16(22-24-9)10-2-3-13(17)14(18)4-10/h2-4,6-9,12H,5H2,1H3,(H,21,23). The predicted molar refractivity (Wildman–Crippen MR) is 92.3 cm³/mol. The average Bonchev–Trinajstić information content (AvgIpc) is 2.92. The van der Waals surface area contributed by atoms with Crippen LogP contribution in [0.5, 0.6) is 0 Å². The van der Waals surface area contributed by atoms with Crippen LogP contribution < -0.4 is 5.32 Å². The van der Waals surface area contributed by atoms with Gasteiger partial charge in [0.1, 0.15) is 12.4 Å². The first-order valence-corrected chi connectivity index (χ1v) is 8.04. The lowest BCUT2D eigenvalue weighted by Gasteiger charge is -2.15. The second kappa shape index (κ2) is 7.15. The number of oxime groups is 1. The molecule has 8 heteroatoms. The van der Waals surface area contributed by atoms with E-state index in [0.717, 1.165) is 5.56 Å². The quantitative estimate of drug-likeness (QED) is 0.899. The highest BCUT2D eigenvalue weighted by atomic mass is 35.5. The zero-order valence-corrected chi connectivity index (χ0v) is 14.3. The van der Waals surface area contributed by atoms with Gasteiger partial charge in [0.05, 0.1) is 39.8 Å². The molecule has 1 aromatic heterocycles. The Morgan fingerprint density at radius 3 is 2.71 bits per heavy atom. The van der Waals surface area contributed by atoms with Crippen molar-refractivity contribution in [3.63, 3.8) is 0 Å². The van der Waals surface area contributed by atoms with Gasteiger partial charge in [-0.2, -0.15) is 0 Å². The van der Waals surface area contributed by atoms with E-state index in [-0.39, 0.29) is 24.3 Å². The van der Waals surface area contributed by atoms with E-state index in [9.17, 15) is 4.79 Å². The molecule has 0 bridgehead atoms. The van der Waals surface area contributed by atoms with Gasteiger partial charge in [-0.3, -0.25) is 4.79 Å². The molecule has 0 fully saturated rings. The number of amides is 1. The fourth-order valence-electron chi connectivity index (χ4n) is 2.46. The van der Waals surface area contributed by atoms with E-state index in [0.29, 0.717) is 21.4 Å². The summed E-state index contributed by atoms with van der Waals surface area (Å²) in [5, 5.41) is 7.77. The molecule has 0 aliphatic carbocycles. The van der Waals surface area contributed by atoms with Gasteiger partial charge < -0.3 is 10.2 Å². The van der Waals surface area contributed by atoms with Crippen LogP contribution >= 0.6 is 23.2 Å². The van der Waals surface area contributed by atoms with E-state index >= 15 is 0 Å². The number of carbonyl (C=O) groups excluding carboxylic acids is 1. The van der Waals surface area contributed by atoms with E-state index in [1.54, 1.807) is 12.1 Å². The Bertz CT molecular complexity index is 783. The number of hydrogen-bond donors (Lipinski definition) is 1. The van der Waals surface area contributed by atoms with E-state index in [1.165, 1.54) is 18.7 Å². The average molecular weight is 365 g/mol. The van der Waals surface area contributed by atoms with Crippen molar-refractivity contribution in [3.8, 4) is 0 Å². The highest BCUT2D eigenvalue weighted by molar-refractivity contribution is 6.42. The summed E-state index contributed by atoms with van der Waals surface area (Å²) in [6.45, 7) is 1.87. The van der Waals surface area contributed by atoms with Crippen molar-refractivity contribution in [2.45, 2.75) is 19.4 Å². The Morgan fingerprint density at radius 2 is 2.00 bits per heavy atom. The van der Waals surface area contributed by atoms with Gasteiger partial charge in [-0.05, 0) is 19.1 Å². The van der Waals surface area contributed by atoms with Crippen LogP contribution in [-0.4, -0.2) is 27.7 Å². The van der Waals surface area contributed by atoms with E-state index in [4.69, 9.17) is 28.0 Å². The minimum Gasteiger partial charge on any atom is -0.392 e. The molecule has 1 aromatic carbocycles. The number of anilines is 1. The lowest BCUT2D eigenvalue weighted by atomic mass is 9.90. The molecule has 6 nitrogen and oxygen atoms in total. The van der Waals surface area contributed by atoms with Crippen LogP contribution in [0.1, 0.15) is 18.9 Å². The summed E-state index contributed by atoms with van der Waals surface area (Å²) >= 11 is 12.0. The zero-order valence-electron chi connectivity index (χ0n) is 12.7. The molecule has 2 heterocycles. The van der Waals surface area contributed by atoms with Gasteiger partial charge in [0.15, 0.2) is 0 Å². The van der Waals surface area contributed by atoms with Gasteiger partial charge in [0.2, 0.25) is 5.91 Å². The first-order chi connectivity index (χ1) is 11.5. The Labute approximate surface area is 148 Å². The summed E-state index contributed by atoms with van der Waals surface area (Å²) in [4.78, 5) is 25.4. The Kier molecular flexibility index (Phi) is 4.97. The van der Waals surface area contributed by atoms with Crippen LogP contribution in [0.15, 0.2) is 42.1 Å². The number of nitrogens with zero attached hydrogens (tertiary/aromatic N) is 3. The summed E-state index contributed by atoms with van der Waals surface area (Å²) in [7, 11) is 0. The normalized spacial score (nSPS) is 19.5. The number of nitrogens with one attached hydrogen (secondary N) is 1. The first kappa shape index (κ1) is 16.7. The molecule has 1 aliphatic rings. The zero-order chi connectivity index (χ0) is 17.1. The molecule has 2 atom stereocenters. The van der Waals surface area contributed by atoms with Gasteiger partial charge in [0.25, 0.3) is 0 Å². The first-order valence-electron chi connectivity index (χ1n) is 7.28. The summed E-state index contributed by atoms with van der Waals surface area (Å²) < 4.78 is 0. The van der Waals surface area contributed by atoms with Gasteiger partial charge in [0, 0.05) is 12.0 Å². The molecule has 1 aliphatic heterocycles. The second-order valence-corrected chi connectivity index (χ2v) is 6.22. The smallest absolute Gasteiger partial charge is 0.225 e. The van der Waals surface area contributed by atoms with Gasteiger partial charge in [-0.15, -0.1) is 0 Å². The molecular formula is C16H14Cl2N4O2. The molecule has 0 radical (unpaired) electrons. The minimum absolute atomic E-state index is 0.167. The molecular weight excluding hydrogens is 351 g/mol.